The summed E-state index contributed by atoms with van der Waals surface area (Å²) >= 11 is 0. The Morgan fingerprint density at radius 3 is 2.02 bits per heavy atom. The summed E-state index contributed by atoms with van der Waals surface area (Å²) in [5.41, 5.74) is 6.10. The average molecular weight is 791 g/mol. The SMILES string of the molecule is CCCCC1=NC(Cc2ccccc2C(=O)O)C(=O)N1Cc1ccc2oc(-c3ccccc3-c3nnnn3C(c3ccccc3)(c3ccccc3)c3ccccc3)cc2c1. The number of fused-ring (bicyclic) bond motifs is 1. The van der Waals surface area contributed by atoms with E-state index in [-0.39, 0.29) is 17.9 Å². The lowest BCUT2D eigenvalue weighted by atomic mass is 9.77. The van der Waals surface area contributed by atoms with Gasteiger partial charge in [-0.25, -0.2) is 9.48 Å². The van der Waals surface area contributed by atoms with E-state index < -0.39 is 17.6 Å². The lowest BCUT2D eigenvalue weighted by Gasteiger charge is -2.36. The quantitative estimate of drug-likeness (QED) is 0.109. The number of hydrogen-bond donors (Lipinski definition) is 1. The van der Waals surface area contributed by atoms with Gasteiger partial charge < -0.3 is 9.52 Å². The smallest absolute Gasteiger partial charge is 0.335 e. The molecule has 0 fully saturated rings. The highest BCUT2D eigenvalue weighted by molar-refractivity contribution is 6.06. The summed E-state index contributed by atoms with van der Waals surface area (Å²) < 4.78 is 8.50. The van der Waals surface area contributed by atoms with Crippen molar-refractivity contribution in [3.63, 3.8) is 0 Å². The molecule has 1 aliphatic heterocycles. The van der Waals surface area contributed by atoms with Gasteiger partial charge in [0.05, 0.1) is 12.1 Å². The fraction of sp³-hybridized carbons (Fsp3) is 0.160. The predicted molar refractivity (Wildman–Crippen MR) is 231 cm³/mol. The number of tetrazole rings is 1. The fourth-order valence-corrected chi connectivity index (χ4v) is 8.45. The largest absolute Gasteiger partial charge is 0.478 e. The van der Waals surface area contributed by atoms with Gasteiger partial charge in [0.1, 0.15) is 28.8 Å². The lowest BCUT2D eigenvalue weighted by molar-refractivity contribution is -0.127. The summed E-state index contributed by atoms with van der Waals surface area (Å²) in [6.07, 6.45) is 2.73. The number of carbonyl (C=O) groups is 2. The van der Waals surface area contributed by atoms with E-state index in [4.69, 9.17) is 19.7 Å². The van der Waals surface area contributed by atoms with Crippen molar-refractivity contribution >= 4 is 28.7 Å². The Hall–Kier alpha value is -7.46. The van der Waals surface area contributed by atoms with Gasteiger partial charge in [-0.1, -0.05) is 153 Å². The number of aromatic nitrogens is 4. The molecule has 10 heteroatoms. The van der Waals surface area contributed by atoms with Crippen LogP contribution in [-0.4, -0.2) is 54.0 Å². The van der Waals surface area contributed by atoms with Crippen LogP contribution in [-0.2, 0) is 23.3 Å². The average Bonchev–Trinajstić information content (AvgIpc) is 4.02. The third-order valence-corrected chi connectivity index (χ3v) is 11.3. The zero-order valence-electron chi connectivity index (χ0n) is 33.1. The maximum absolute atomic E-state index is 14.0. The number of carboxylic acids is 1. The molecule has 1 amide bonds. The number of nitrogens with zero attached hydrogens (tertiary/aromatic N) is 6. The first kappa shape index (κ1) is 38.1. The molecule has 296 valence electrons. The third kappa shape index (κ3) is 6.96. The van der Waals surface area contributed by atoms with Crippen LogP contribution in [0.4, 0.5) is 0 Å². The van der Waals surface area contributed by atoms with E-state index in [1.165, 1.54) is 0 Å². The molecule has 0 spiro atoms. The van der Waals surface area contributed by atoms with Crippen LogP contribution in [0.1, 0.15) is 64.4 Å². The van der Waals surface area contributed by atoms with E-state index in [0.29, 0.717) is 35.7 Å². The van der Waals surface area contributed by atoms with Crippen molar-refractivity contribution < 1.29 is 19.1 Å². The Balaban J connectivity index is 1.08. The van der Waals surface area contributed by atoms with Crippen LogP contribution in [0, 0.1) is 0 Å². The van der Waals surface area contributed by atoms with Crippen molar-refractivity contribution in [2.24, 2.45) is 4.99 Å². The first-order valence-electron chi connectivity index (χ1n) is 20.2. The van der Waals surface area contributed by atoms with Crippen molar-refractivity contribution in [1.82, 2.24) is 25.1 Å². The Labute approximate surface area is 347 Å². The number of unbranched alkanes of at least 4 members (excludes halogenated alkanes) is 1. The summed E-state index contributed by atoms with van der Waals surface area (Å²) in [5, 5.41) is 24.4. The number of furan rings is 1. The molecular formula is C50H42N6O4. The molecule has 8 aromatic rings. The number of hydrogen-bond acceptors (Lipinski definition) is 7. The summed E-state index contributed by atoms with van der Waals surface area (Å²) in [5.74, 6) is 0.805. The zero-order valence-corrected chi connectivity index (χ0v) is 33.1. The van der Waals surface area contributed by atoms with Crippen LogP contribution in [0.2, 0.25) is 0 Å². The zero-order chi connectivity index (χ0) is 41.1. The van der Waals surface area contributed by atoms with E-state index in [2.05, 4.69) is 54.6 Å². The van der Waals surface area contributed by atoms with Gasteiger partial charge in [0.2, 0.25) is 0 Å². The number of carboxylic acid groups (broad SMARTS) is 1. The molecule has 60 heavy (non-hydrogen) atoms. The molecule has 9 rings (SSSR count). The second-order valence-electron chi connectivity index (χ2n) is 15.0. The number of amides is 1. The Morgan fingerprint density at radius 2 is 1.37 bits per heavy atom. The highest BCUT2D eigenvalue weighted by atomic mass is 16.4. The van der Waals surface area contributed by atoms with E-state index >= 15 is 0 Å². The molecule has 3 heterocycles. The minimum Gasteiger partial charge on any atom is -0.478 e. The van der Waals surface area contributed by atoms with E-state index in [0.717, 1.165) is 57.4 Å². The lowest BCUT2D eigenvalue weighted by Crippen LogP contribution is -2.39. The van der Waals surface area contributed by atoms with Gasteiger partial charge in [0.25, 0.3) is 5.91 Å². The van der Waals surface area contributed by atoms with Gasteiger partial charge in [-0.15, -0.1) is 5.10 Å². The first-order chi connectivity index (χ1) is 29.4. The summed E-state index contributed by atoms with van der Waals surface area (Å²) in [4.78, 5) is 32.5. The number of carbonyl (C=O) groups excluding carboxylic acids is 1. The second kappa shape index (κ2) is 16.4. The number of benzene rings is 6. The molecule has 1 atom stereocenters. The normalized spacial score (nSPS) is 14.2. The Kier molecular flexibility index (Phi) is 10.4. The molecule has 1 unspecified atom stereocenters. The van der Waals surface area contributed by atoms with Crippen molar-refractivity contribution in [1.29, 1.82) is 0 Å². The molecule has 0 radical (unpaired) electrons. The number of rotatable bonds is 14. The number of aromatic carboxylic acids is 1. The van der Waals surface area contributed by atoms with Gasteiger partial charge in [-0.2, -0.15) is 0 Å². The van der Waals surface area contributed by atoms with Crippen molar-refractivity contribution in [2.45, 2.75) is 50.7 Å². The molecule has 0 saturated heterocycles. The third-order valence-electron chi connectivity index (χ3n) is 11.3. The van der Waals surface area contributed by atoms with Gasteiger partial charge in [-0.05, 0) is 68.9 Å². The fourth-order valence-electron chi connectivity index (χ4n) is 8.45. The van der Waals surface area contributed by atoms with E-state index in [1.54, 1.807) is 29.2 Å². The highest BCUT2D eigenvalue weighted by Gasteiger charge is 2.42. The van der Waals surface area contributed by atoms with Gasteiger partial charge in [0.15, 0.2) is 5.82 Å². The second-order valence-corrected chi connectivity index (χ2v) is 15.0. The van der Waals surface area contributed by atoms with Crippen LogP contribution in [0.25, 0.3) is 33.7 Å². The van der Waals surface area contributed by atoms with E-state index in [1.807, 2.05) is 102 Å². The minimum atomic E-state index is -1.02. The van der Waals surface area contributed by atoms with Crippen LogP contribution in [0.5, 0.6) is 0 Å². The molecule has 0 saturated carbocycles. The number of aliphatic imine (C=N–C) groups is 1. The Bertz CT molecular complexity index is 2740. The van der Waals surface area contributed by atoms with Crippen molar-refractivity contribution in [3.05, 3.63) is 197 Å². The molecule has 1 aliphatic rings. The molecule has 1 N–H and O–H groups in total. The first-order valence-corrected chi connectivity index (χ1v) is 20.2. The summed E-state index contributed by atoms with van der Waals surface area (Å²) in [7, 11) is 0. The minimum absolute atomic E-state index is 0.126. The topological polar surface area (TPSA) is 127 Å². The van der Waals surface area contributed by atoms with Crippen LogP contribution in [0.15, 0.2) is 173 Å². The standard InChI is InChI=1S/C50H42N6O4/c1-2-3-27-46-51-43(31-35-17-13-14-24-40(35)49(58)59)48(57)55(46)33-34-28-29-44-36(30-34)32-45(60-44)41-25-15-16-26-42(41)47-52-53-54-56(47)50(37-18-7-4-8-19-37,38-20-9-5-10-21-38)39-22-11-6-12-23-39/h4-26,28-30,32,43H,2-3,27,31,33H2,1H3,(H,58,59). The molecule has 10 nitrogen and oxygen atoms in total. The van der Waals surface area contributed by atoms with Gasteiger partial charge in [-0.3, -0.25) is 14.7 Å². The molecule has 0 aliphatic carbocycles. The summed E-state index contributed by atoms with van der Waals surface area (Å²) in [6, 6.07) is 53.0. The van der Waals surface area contributed by atoms with Gasteiger partial charge >= 0.3 is 5.97 Å². The van der Waals surface area contributed by atoms with Gasteiger partial charge in [0, 0.05) is 29.4 Å². The Morgan fingerprint density at radius 1 is 0.750 bits per heavy atom. The maximum atomic E-state index is 14.0. The number of amidine groups is 1. The maximum Gasteiger partial charge on any atom is 0.335 e. The van der Waals surface area contributed by atoms with E-state index in [9.17, 15) is 14.7 Å². The molecular weight excluding hydrogens is 749 g/mol. The highest BCUT2D eigenvalue weighted by Crippen LogP contribution is 2.44. The van der Waals surface area contributed by atoms with Crippen molar-refractivity contribution in [3.8, 4) is 22.7 Å². The molecule has 2 aromatic heterocycles. The monoisotopic (exact) mass is 790 g/mol. The predicted octanol–water partition coefficient (Wildman–Crippen LogP) is 9.83. The van der Waals surface area contributed by atoms with Crippen LogP contribution in [0.3, 0.4) is 0 Å². The molecule has 6 aromatic carbocycles. The molecule has 0 bridgehead atoms. The van der Waals surface area contributed by atoms with Crippen LogP contribution >= 0.6 is 0 Å². The van der Waals surface area contributed by atoms with Crippen molar-refractivity contribution in [2.75, 3.05) is 0 Å². The summed E-state index contributed by atoms with van der Waals surface area (Å²) in [6.45, 7) is 2.44. The van der Waals surface area contributed by atoms with Crippen LogP contribution < -0.4 is 0 Å².